The molecular formula is C57H40O. The average molecular weight is 741 g/mol. The number of hydrogen-bond acceptors (Lipinski definition) is 1. The van der Waals surface area contributed by atoms with Crippen LogP contribution in [0.1, 0.15) is 38.9 Å². The quantitative estimate of drug-likeness (QED) is 0.158. The summed E-state index contributed by atoms with van der Waals surface area (Å²) < 4.78 is 7.06. The van der Waals surface area contributed by atoms with Gasteiger partial charge >= 0.3 is 0 Å². The Morgan fingerprint density at radius 2 is 0.776 bits per heavy atom. The van der Waals surface area contributed by atoms with Gasteiger partial charge in [0.1, 0.15) is 11.5 Å². The molecule has 1 heteroatoms. The molecule has 0 heterocycles. The molecule has 9 aromatic rings. The van der Waals surface area contributed by atoms with E-state index in [4.69, 9.17) is 4.74 Å². The van der Waals surface area contributed by atoms with Gasteiger partial charge in [0, 0.05) is 6.42 Å². The van der Waals surface area contributed by atoms with Crippen molar-refractivity contribution in [1.29, 1.82) is 0 Å². The third kappa shape index (κ3) is 5.46. The van der Waals surface area contributed by atoms with E-state index in [-0.39, 0.29) is 0 Å². The van der Waals surface area contributed by atoms with Gasteiger partial charge in [0.25, 0.3) is 0 Å². The van der Waals surface area contributed by atoms with E-state index in [2.05, 4.69) is 219 Å². The van der Waals surface area contributed by atoms with Crippen molar-refractivity contribution < 1.29 is 4.74 Å². The van der Waals surface area contributed by atoms with Gasteiger partial charge < -0.3 is 4.74 Å². The summed E-state index contributed by atoms with van der Waals surface area (Å²) in [4.78, 5) is 0. The largest absolute Gasteiger partial charge is 0.457 e. The minimum Gasteiger partial charge on any atom is -0.457 e. The van der Waals surface area contributed by atoms with Crippen LogP contribution in [0.2, 0.25) is 0 Å². The van der Waals surface area contributed by atoms with Crippen molar-refractivity contribution in [3.05, 3.63) is 251 Å². The summed E-state index contributed by atoms with van der Waals surface area (Å²) in [5.41, 5.74) is 20.8. The number of ether oxygens (including phenoxy) is 1. The van der Waals surface area contributed by atoms with Crippen LogP contribution in [-0.4, -0.2) is 0 Å². The minimum atomic E-state index is -0.394. The van der Waals surface area contributed by atoms with E-state index in [9.17, 15) is 0 Å². The molecule has 0 N–H and O–H groups in total. The summed E-state index contributed by atoms with van der Waals surface area (Å²) in [5.74, 6) is 1.73. The molecule has 0 amide bonds. The summed E-state index contributed by atoms with van der Waals surface area (Å²) in [6, 6.07) is 77.5. The van der Waals surface area contributed by atoms with Crippen LogP contribution >= 0.6 is 0 Å². The first kappa shape index (κ1) is 34.1. The highest BCUT2D eigenvalue weighted by molar-refractivity contribution is 5.96. The molecule has 2 aliphatic carbocycles. The predicted octanol–water partition coefficient (Wildman–Crippen LogP) is 14.7. The van der Waals surface area contributed by atoms with Gasteiger partial charge in [0.05, 0.1) is 5.41 Å². The van der Waals surface area contributed by atoms with Gasteiger partial charge in [-0.1, -0.05) is 194 Å². The van der Waals surface area contributed by atoms with E-state index in [1.165, 1.54) is 72.3 Å². The van der Waals surface area contributed by atoms with Crippen LogP contribution in [0.15, 0.2) is 212 Å². The van der Waals surface area contributed by atoms with Crippen molar-refractivity contribution in [3.63, 3.8) is 0 Å². The standard InChI is InChI=1S/C57H40O/c1-38-24-27-44(41-16-6-3-7-17-41)36-55(38)58-56-37-45(30-31-46(56)34-39-25-28-42(29-26-39)40-14-4-2-5-15-40)43-32-33-50-49-20-10-13-23-53(49)57(54(50)35-43)51-21-11-8-18-47(51)48-19-9-12-22-52(48)57/h2-33,35-37H,34H2,1H3. The summed E-state index contributed by atoms with van der Waals surface area (Å²) >= 11 is 0. The highest BCUT2D eigenvalue weighted by Gasteiger charge is 2.51. The van der Waals surface area contributed by atoms with Crippen LogP contribution in [0.4, 0.5) is 0 Å². The molecule has 274 valence electrons. The van der Waals surface area contributed by atoms with Crippen LogP contribution in [0, 0.1) is 6.92 Å². The maximum absolute atomic E-state index is 7.06. The van der Waals surface area contributed by atoms with Crippen LogP contribution in [-0.2, 0) is 11.8 Å². The highest BCUT2D eigenvalue weighted by Crippen LogP contribution is 2.63. The molecule has 0 aliphatic heterocycles. The van der Waals surface area contributed by atoms with Gasteiger partial charge in [-0.2, -0.15) is 0 Å². The Hall–Kier alpha value is -7.22. The molecule has 0 fully saturated rings. The van der Waals surface area contributed by atoms with Crippen LogP contribution < -0.4 is 4.74 Å². The third-order valence-electron chi connectivity index (χ3n) is 12.4. The maximum atomic E-state index is 7.06. The second kappa shape index (κ2) is 13.8. The number of hydrogen-bond donors (Lipinski definition) is 0. The minimum absolute atomic E-state index is 0.394. The van der Waals surface area contributed by atoms with Gasteiger partial charge in [-0.3, -0.25) is 0 Å². The summed E-state index contributed by atoms with van der Waals surface area (Å²) in [6.07, 6.45) is 0.748. The SMILES string of the molecule is Cc1ccc(-c2ccccc2)cc1Oc1cc(-c2ccc3c(c2)C2(c4ccccc4-c4ccccc42)c2ccccc2-3)ccc1Cc1ccc(-c2ccccc2)cc1. The lowest BCUT2D eigenvalue weighted by Gasteiger charge is -2.30. The third-order valence-corrected chi connectivity index (χ3v) is 12.4. The van der Waals surface area contributed by atoms with Crippen molar-refractivity contribution in [2.75, 3.05) is 0 Å². The van der Waals surface area contributed by atoms with Crippen molar-refractivity contribution in [2.45, 2.75) is 18.8 Å². The van der Waals surface area contributed by atoms with Gasteiger partial charge in [-0.15, -0.1) is 0 Å². The molecule has 0 bridgehead atoms. The lowest BCUT2D eigenvalue weighted by Crippen LogP contribution is -2.25. The summed E-state index contributed by atoms with van der Waals surface area (Å²) in [6.45, 7) is 2.13. The zero-order valence-corrected chi connectivity index (χ0v) is 32.3. The van der Waals surface area contributed by atoms with Gasteiger partial charge in [-0.05, 0) is 120 Å². The molecular weight excluding hydrogens is 701 g/mol. The van der Waals surface area contributed by atoms with E-state index < -0.39 is 5.41 Å². The van der Waals surface area contributed by atoms with E-state index in [0.29, 0.717) is 0 Å². The molecule has 0 unspecified atom stereocenters. The van der Waals surface area contributed by atoms with E-state index in [1.807, 2.05) is 0 Å². The fourth-order valence-corrected chi connectivity index (χ4v) is 9.55. The van der Waals surface area contributed by atoms with Crippen molar-refractivity contribution in [2.24, 2.45) is 0 Å². The molecule has 0 atom stereocenters. The van der Waals surface area contributed by atoms with Gasteiger partial charge in [0.15, 0.2) is 0 Å². The first-order valence-corrected chi connectivity index (χ1v) is 20.2. The Kier molecular flexibility index (Phi) is 8.08. The summed E-state index contributed by atoms with van der Waals surface area (Å²) in [5, 5.41) is 0. The van der Waals surface area contributed by atoms with E-state index >= 15 is 0 Å². The summed E-state index contributed by atoms with van der Waals surface area (Å²) in [7, 11) is 0. The van der Waals surface area contributed by atoms with E-state index in [0.717, 1.165) is 40.2 Å². The Balaban J connectivity index is 1.04. The van der Waals surface area contributed by atoms with Crippen molar-refractivity contribution >= 4 is 0 Å². The topological polar surface area (TPSA) is 9.23 Å². The Bertz CT molecular complexity index is 2930. The second-order valence-corrected chi connectivity index (χ2v) is 15.7. The lowest BCUT2D eigenvalue weighted by atomic mass is 9.70. The molecule has 58 heavy (non-hydrogen) atoms. The molecule has 0 aromatic heterocycles. The molecule has 0 radical (unpaired) electrons. The number of benzene rings is 9. The molecule has 1 spiro atoms. The first-order valence-electron chi connectivity index (χ1n) is 20.2. The normalized spacial score (nSPS) is 12.8. The Morgan fingerprint density at radius 1 is 0.345 bits per heavy atom. The molecule has 0 saturated carbocycles. The van der Waals surface area contributed by atoms with Gasteiger partial charge in [-0.25, -0.2) is 0 Å². The molecule has 0 saturated heterocycles. The Labute approximate surface area is 340 Å². The number of rotatable bonds is 7. The first-order chi connectivity index (χ1) is 28.6. The van der Waals surface area contributed by atoms with Gasteiger partial charge in [0.2, 0.25) is 0 Å². The molecule has 11 rings (SSSR count). The number of aryl methyl sites for hydroxylation is 1. The lowest BCUT2D eigenvalue weighted by molar-refractivity contribution is 0.474. The predicted molar refractivity (Wildman–Crippen MR) is 240 cm³/mol. The second-order valence-electron chi connectivity index (χ2n) is 15.7. The maximum Gasteiger partial charge on any atom is 0.131 e. The van der Waals surface area contributed by atoms with Crippen molar-refractivity contribution in [3.8, 4) is 67.1 Å². The zero-order chi connectivity index (χ0) is 38.6. The number of fused-ring (bicyclic) bond motifs is 10. The van der Waals surface area contributed by atoms with Crippen LogP contribution in [0.5, 0.6) is 11.5 Å². The van der Waals surface area contributed by atoms with E-state index in [1.54, 1.807) is 0 Å². The van der Waals surface area contributed by atoms with Crippen molar-refractivity contribution in [1.82, 2.24) is 0 Å². The Morgan fingerprint density at radius 3 is 1.40 bits per heavy atom. The molecule has 9 aromatic carbocycles. The average Bonchev–Trinajstić information content (AvgIpc) is 3.76. The highest BCUT2D eigenvalue weighted by atomic mass is 16.5. The smallest absolute Gasteiger partial charge is 0.131 e. The van der Waals surface area contributed by atoms with Crippen LogP contribution in [0.25, 0.3) is 55.6 Å². The fraction of sp³-hybridized carbons (Fsp3) is 0.0526. The van der Waals surface area contributed by atoms with Crippen LogP contribution in [0.3, 0.4) is 0 Å². The zero-order valence-electron chi connectivity index (χ0n) is 32.3. The fourth-order valence-electron chi connectivity index (χ4n) is 9.55. The molecule has 2 aliphatic rings. The molecule has 1 nitrogen and oxygen atoms in total. The monoisotopic (exact) mass is 740 g/mol.